The van der Waals surface area contributed by atoms with E-state index in [0.29, 0.717) is 25.6 Å². The lowest BCUT2D eigenvalue weighted by Gasteiger charge is -2.37. The van der Waals surface area contributed by atoms with E-state index in [1.54, 1.807) is 0 Å². The molecular formula is C22H30N6O2. The maximum absolute atomic E-state index is 11.7. The summed E-state index contributed by atoms with van der Waals surface area (Å²) in [6, 6.07) is 7.92. The first-order chi connectivity index (χ1) is 14.6. The number of benzene rings is 1. The Morgan fingerprint density at radius 1 is 1.27 bits per heavy atom. The number of anilines is 2. The number of ether oxygens (including phenoxy) is 1. The van der Waals surface area contributed by atoms with E-state index < -0.39 is 0 Å². The molecule has 0 aliphatic carbocycles. The van der Waals surface area contributed by atoms with Gasteiger partial charge in [0.15, 0.2) is 5.82 Å². The van der Waals surface area contributed by atoms with Crippen LogP contribution < -0.4 is 20.9 Å². The molecule has 30 heavy (non-hydrogen) atoms. The van der Waals surface area contributed by atoms with Crippen LogP contribution in [0.3, 0.4) is 0 Å². The van der Waals surface area contributed by atoms with Gasteiger partial charge in [0.2, 0.25) is 0 Å². The number of carbonyl (C=O) groups excluding carboxylic acids is 1. The Hall–Kier alpha value is -2.71. The van der Waals surface area contributed by atoms with Crippen LogP contribution in [0.1, 0.15) is 38.1 Å². The van der Waals surface area contributed by atoms with Crippen molar-refractivity contribution in [1.82, 2.24) is 20.6 Å². The summed E-state index contributed by atoms with van der Waals surface area (Å²) in [5.41, 5.74) is 3.98. The average molecular weight is 411 g/mol. The summed E-state index contributed by atoms with van der Waals surface area (Å²) >= 11 is 0. The van der Waals surface area contributed by atoms with Crippen LogP contribution in [0, 0.1) is 0 Å². The summed E-state index contributed by atoms with van der Waals surface area (Å²) in [6.45, 7) is 10.00. The van der Waals surface area contributed by atoms with Crippen LogP contribution in [-0.2, 0) is 11.2 Å². The normalized spacial score (nSPS) is 21.1. The van der Waals surface area contributed by atoms with Crippen molar-refractivity contribution in [2.24, 2.45) is 0 Å². The third kappa shape index (κ3) is 4.24. The standard InChI is InChI=1S/C22H30N6O2/c1-4-23-22(29)25-17-7-5-16(6-8-17)20-26-19-15(3)24-10-9-18(19)21(27-20)28-11-12-30-13-14(28)2/h5-8,14-15,24H,4,9-13H2,1-3H3,(H2,23,25,29). The molecule has 0 saturated carbocycles. The second kappa shape index (κ2) is 8.97. The van der Waals surface area contributed by atoms with Crippen LogP contribution in [0.25, 0.3) is 11.4 Å². The minimum atomic E-state index is -0.209. The number of fused-ring (bicyclic) bond motifs is 1. The van der Waals surface area contributed by atoms with Crippen molar-refractivity contribution >= 4 is 17.5 Å². The molecule has 8 nitrogen and oxygen atoms in total. The highest BCUT2D eigenvalue weighted by atomic mass is 16.5. The van der Waals surface area contributed by atoms with Gasteiger partial charge >= 0.3 is 6.03 Å². The SMILES string of the molecule is CCNC(=O)Nc1ccc(-c2nc3c(c(N4CCOCC4C)n2)CCNC3C)cc1. The summed E-state index contributed by atoms with van der Waals surface area (Å²) < 4.78 is 5.64. The molecule has 2 atom stereocenters. The van der Waals surface area contributed by atoms with Crippen molar-refractivity contribution in [3.8, 4) is 11.4 Å². The van der Waals surface area contributed by atoms with Crippen molar-refractivity contribution in [1.29, 1.82) is 0 Å². The Bertz CT molecular complexity index is 901. The van der Waals surface area contributed by atoms with Gasteiger partial charge in [-0.1, -0.05) is 0 Å². The Morgan fingerprint density at radius 3 is 2.80 bits per heavy atom. The van der Waals surface area contributed by atoms with Crippen molar-refractivity contribution in [3.63, 3.8) is 0 Å². The summed E-state index contributed by atoms with van der Waals surface area (Å²) in [5, 5.41) is 9.07. The Balaban J connectivity index is 1.69. The third-order valence-electron chi connectivity index (χ3n) is 5.63. The van der Waals surface area contributed by atoms with Crippen molar-refractivity contribution in [3.05, 3.63) is 35.5 Å². The van der Waals surface area contributed by atoms with E-state index in [9.17, 15) is 4.79 Å². The first kappa shape index (κ1) is 20.6. The van der Waals surface area contributed by atoms with Gasteiger partial charge in [0.05, 0.1) is 24.9 Å². The van der Waals surface area contributed by atoms with Crippen LogP contribution in [0.2, 0.25) is 0 Å². The van der Waals surface area contributed by atoms with Crippen molar-refractivity contribution in [2.75, 3.05) is 43.1 Å². The number of hydrogen-bond acceptors (Lipinski definition) is 6. The molecule has 2 aliphatic rings. The number of hydrogen-bond donors (Lipinski definition) is 3. The van der Waals surface area contributed by atoms with Crippen LogP contribution in [0.15, 0.2) is 24.3 Å². The number of urea groups is 1. The number of carbonyl (C=O) groups is 1. The summed E-state index contributed by atoms with van der Waals surface area (Å²) in [7, 11) is 0. The maximum atomic E-state index is 11.7. The minimum Gasteiger partial charge on any atom is -0.377 e. The van der Waals surface area contributed by atoms with Gasteiger partial charge in [-0.3, -0.25) is 0 Å². The van der Waals surface area contributed by atoms with E-state index in [4.69, 9.17) is 14.7 Å². The lowest BCUT2D eigenvalue weighted by atomic mass is 9.99. The minimum absolute atomic E-state index is 0.185. The van der Waals surface area contributed by atoms with Gasteiger partial charge in [0.1, 0.15) is 5.82 Å². The van der Waals surface area contributed by atoms with Gasteiger partial charge < -0.3 is 25.6 Å². The number of amides is 2. The van der Waals surface area contributed by atoms with E-state index >= 15 is 0 Å². The lowest BCUT2D eigenvalue weighted by molar-refractivity contribution is 0.0984. The molecule has 4 rings (SSSR count). The zero-order valence-corrected chi connectivity index (χ0v) is 17.9. The molecule has 1 aromatic heterocycles. The van der Waals surface area contributed by atoms with E-state index in [1.807, 2.05) is 31.2 Å². The highest BCUT2D eigenvalue weighted by Gasteiger charge is 2.29. The molecule has 0 radical (unpaired) electrons. The van der Waals surface area contributed by atoms with Gasteiger partial charge in [0.25, 0.3) is 0 Å². The second-order valence-electron chi connectivity index (χ2n) is 7.84. The average Bonchev–Trinajstić information content (AvgIpc) is 2.75. The fraction of sp³-hybridized carbons (Fsp3) is 0.500. The number of nitrogens with one attached hydrogen (secondary N) is 3. The van der Waals surface area contributed by atoms with E-state index in [2.05, 4.69) is 34.7 Å². The largest absolute Gasteiger partial charge is 0.377 e. The van der Waals surface area contributed by atoms with Crippen molar-refractivity contribution < 1.29 is 9.53 Å². The lowest BCUT2D eigenvalue weighted by Crippen LogP contribution is -2.45. The fourth-order valence-corrected chi connectivity index (χ4v) is 4.04. The van der Waals surface area contributed by atoms with Crippen LogP contribution >= 0.6 is 0 Å². The quantitative estimate of drug-likeness (QED) is 0.718. The summed E-state index contributed by atoms with van der Waals surface area (Å²) in [4.78, 5) is 24.1. The topological polar surface area (TPSA) is 91.4 Å². The first-order valence-corrected chi connectivity index (χ1v) is 10.7. The second-order valence-corrected chi connectivity index (χ2v) is 7.84. The van der Waals surface area contributed by atoms with Gasteiger partial charge in [-0.25, -0.2) is 14.8 Å². The molecule has 2 unspecified atom stereocenters. The molecule has 2 amide bonds. The van der Waals surface area contributed by atoms with E-state index in [0.717, 1.165) is 42.3 Å². The van der Waals surface area contributed by atoms with Crippen LogP contribution in [0.4, 0.5) is 16.3 Å². The highest BCUT2D eigenvalue weighted by Crippen LogP contribution is 2.33. The zero-order chi connectivity index (χ0) is 21.1. The Morgan fingerprint density at radius 2 is 2.07 bits per heavy atom. The van der Waals surface area contributed by atoms with Gasteiger partial charge in [0, 0.05) is 35.9 Å². The smallest absolute Gasteiger partial charge is 0.319 e. The maximum Gasteiger partial charge on any atom is 0.319 e. The van der Waals surface area contributed by atoms with Crippen molar-refractivity contribution in [2.45, 2.75) is 39.3 Å². The molecule has 160 valence electrons. The zero-order valence-electron chi connectivity index (χ0n) is 17.9. The van der Waals surface area contributed by atoms with Crippen LogP contribution in [0.5, 0.6) is 0 Å². The van der Waals surface area contributed by atoms with Gasteiger partial charge in [-0.2, -0.15) is 0 Å². The Kier molecular flexibility index (Phi) is 6.15. The molecule has 0 bridgehead atoms. The number of nitrogens with zero attached hydrogens (tertiary/aromatic N) is 3. The number of aromatic nitrogens is 2. The molecule has 8 heteroatoms. The summed E-state index contributed by atoms with van der Waals surface area (Å²) in [5.74, 6) is 1.74. The predicted octanol–water partition coefficient (Wildman–Crippen LogP) is 2.72. The molecule has 1 fully saturated rings. The molecule has 1 aromatic carbocycles. The fourth-order valence-electron chi connectivity index (χ4n) is 4.04. The van der Waals surface area contributed by atoms with Crippen LogP contribution in [-0.4, -0.2) is 54.9 Å². The van der Waals surface area contributed by atoms with E-state index in [1.165, 1.54) is 5.56 Å². The molecule has 1 saturated heterocycles. The molecule has 2 aromatic rings. The van der Waals surface area contributed by atoms with Gasteiger partial charge in [-0.05, 0) is 58.0 Å². The Labute approximate surface area is 177 Å². The van der Waals surface area contributed by atoms with E-state index in [-0.39, 0.29) is 18.1 Å². The predicted molar refractivity (Wildman–Crippen MR) is 118 cm³/mol. The third-order valence-corrected chi connectivity index (χ3v) is 5.63. The monoisotopic (exact) mass is 410 g/mol. The number of morpholine rings is 1. The first-order valence-electron chi connectivity index (χ1n) is 10.7. The molecule has 3 N–H and O–H groups in total. The molecule has 2 aliphatic heterocycles. The number of rotatable bonds is 4. The molecular weight excluding hydrogens is 380 g/mol. The summed E-state index contributed by atoms with van der Waals surface area (Å²) in [6.07, 6.45) is 0.925. The molecule has 0 spiro atoms. The van der Waals surface area contributed by atoms with Gasteiger partial charge in [-0.15, -0.1) is 0 Å². The highest BCUT2D eigenvalue weighted by molar-refractivity contribution is 5.89. The molecule has 3 heterocycles.